The van der Waals surface area contributed by atoms with E-state index in [-0.39, 0.29) is 18.2 Å². The van der Waals surface area contributed by atoms with Gasteiger partial charge < -0.3 is 9.45 Å². The lowest BCUT2D eigenvalue weighted by atomic mass is 10.0. The van der Waals surface area contributed by atoms with Gasteiger partial charge >= 0.3 is 0 Å². The van der Waals surface area contributed by atoms with Crippen LogP contribution in [0.15, 0.2) is 58.8 Å². The Bertz CT molecular complexity index is 1260. The number of benzene rings is 1. The highest BCUT2D eigenvalue weighted by Crippen LogP contribution is 2.35. The number of fused-ring (bicyclic) bond motifs is 2. The third-order valence-corrected chi connectivity index (χ3v) is 7.96. The van der Waals surface area contributed by atoms with Crippen LogP contribution in [-0.2, 0) is 16.7 Å². The Kier molecular flexibility index (Phi) is 7.12. The minimum atomic E-state index is -4.25. The third kappa shape index (κ3) is 5.29. The molecule has 0 fully saturated rings. The van der Waals surface area contributed by atoms with Gasteiger partial charge in [-0.05, 0) is 42.4 Å². The second-order valence-corrected chi connectivity index (χ2v) is 11.4. The molecule has 0 spiro atoms. The first kappa shape index (κ1) is 23.5. The van der Waals surface area contributed by atoms with E-state index in [9.17, 15) is 13.0 Å². The molecule has 0 bridgehead atoms. The van der Waals surface area contributed by atoms with Crippen molar-refractivity contribution < 1.29 is 17.5 Å². The monoisotopic (exact) mass is 510 g/mol. The fraction of sp³-hybridized carbons (Fsp3) is 0.348. The van der Waals surface area contributed by atoms with Crippen molar-refractivity contribution in [2.45, 2.75) is 38.8 Å². The van der Waals surface area contributed by atoms with Crippen LogP contribution in [0.25, 0.3) is 16.3 Å². The van der Waals surface area contributed by atoms with Crippen LogP contribution < -0.4 is 4.57 Å². The SMILES string of the molecule is CCCC[n+]1c(C=C2C=C3C=CC(Cl)=CC3N2CCCS(=O)(=O)[O-])sc2ccc(Cl)cc21. The van der Waals surface area contributed by atoms with Crippen molar-refractivity contribution in [1.82, 2.24) is 4.90 Å². The Morgan fingerprint density at radius 1 is 1.25 bits per heavy atom. The zero-order valence-electron chi connectivity index (χ0n) is 17.6. The van der Waals surface area contributed by atoms with E-state index >= 15 is 0 Å². The van der Waals surface area contributed by atoms with Crippen LogP contribution in [0, 0.1) is 0 Å². The fourth-order valence-electron chi connectivity index (χ4n) is 4.05. The van der Waals surface area contributed by atoms with E-state index in [1.807, 2.05) is 36.4 Å². The number of rotatable bonds is 8. The summed E-state index contributed by atoms with van der Waals surface area (Å²) in [6.07, 6.45) is 12.4. The zero-order valence-corrected chi connectivity index (χ0v) is 20.8. The molecule has 1 aromatic heterocycles. The summed E-state index contributed by atoms with van der Waals surface area (Å²) in [7, 11) is -4.25. The lowest BCUT2D eigenvalue weighted by molar-refractivity contribution is -0.669. The molecule has 1 aliphatic heterocycles. The van der Waals surface area contributed by atoms with Crippen LogP contribution in [0.4, 0.5) is 0 Å². The molecule has 0 N–H and O–H groups in total. The van der Waals surface area contributed by atoms with Gasteiger partial charge in [0.2, 0.25) is 5.52 Å². The molecule has 0 amide bonds. The van der Waals surface area contributed by atoms with Crippen molar-refractivity contribution >= 4 is 60.9 Å². The van der Waals surface area contributed by atoms with Gasteiger partial charge in [0, 0.05) is 46.6 Å². The van der Waals surface area contributed by atoms with E-state index in [1.54, 1.807) is 11.3 Å². The minimum absolute atomic E-state index is 0.0685. The molecule has 0 saturated carbocycles. The summed E-state index contributed by atoms with van der Waals surface area (Å²) in [4.78, 5) is 2.12. The first-order chi connectivity index (χ1) is 15.2. The maximum atomic E-state index is 11.1. The number of aromatic nitrogens is 1. The predicted molar refractivity (Wildman–Crippen MR) is 131 cm³/mol. The average molecular weight is 511 g/mol. The smallest absolute Gasteiger partial charge is 0.264 e. The molecule has 0 saturated heterocycles. The molecule has 1 unspecified atom stereocenters. The van der Waals surface area contributed by atoms with Crippen molar-refractivity contribution in [2.75, 3.05) is 12.3 Å². The number of halogens is 2. The van der Waals surface area contributed by atoms with Gasteiger partial charge in [-0.2, -0.15) is 4.57 Å². The van der Waals surface area contributed by atoms with Gasteiger partial charge in [0.05, 0.1) is 16.2 Å². The summed E-state index contributed by atoms with van der Waals surface area (Å²) in [5, 5.41) is 2.45. The maximum Gasteiger partial charge on any atom is 0.264 e. The second kappa shape index (κ2) is 9.69. The molecule has 170 valence electrons. The number of unbranched alkanes of at least 4 members (excludes halogenated alkanes) is 1. The van der Waals surface area contributed by atoms with Crippen LogP contribution in [0.1, 0.15) is 31.2 Å². The third-order valence-electron chi connectivity index (χ3n) is 5.57. The summed E-state index contributed by atoms with van der Waals surface area (Å²) >= 11 is 14.2. The van der Waals surface area contributed by atoms with Gasteiger partial charge in [0.15, 0.2) is 6.54 Å². The largest absolute Gasteiger partial charge is 0.748 e. The molecule has 5 nitrogen and oxygen atoms in total. The number of hydrogen-bond donors (Lipinski definition) is 0. The standard InChI is InChI=1S/C23H24Cl2N2O3S2/c1-2-3-9-27-21-14-18(25)7-8-22(21)31-23(27)15-19-12-16-5-6-17(24)13-20(16)26(19)10-4-11-32(28,29)30/h5-8,12-15,20H,2-4,9-11H2,1H3. The van der Waals surface area contributed by atoms with E-state index in [0.717, 1.165) is 45.9 Å². The molecular formula is C23H24Cl2N2O3S2. The first-order valence-electron chi connectivity index (χ1n) is 10.6. The molecule has 2 heterocycles. The Balaban J connectivity index is 1.74. The molecule has 2 aliphatic rings. The number of aryl methyl sites for hydroxylation is 1. The minimum Gasteiger partial charge on any atom is -0.748 e. The lowest BCUT2D eigenvalue weighted by Crippen LogP contribution is -2.36. The van der Waals surface area contributed by atoms with Gasteiger partial charge in [-0.15, -0.1) is 0 Å². The quantitative estimate of drug-likeness (QED) is 0.360. The van der Waals surface area contributed by atoms with Crippen molar-refractivity contribution in [2.24, 2.45) is 0 Å². The van der Waals surface area contributed by atoms with Gasteiger partial charge in [-0.3, -0.25) is 0 Å². The van der Waals surface area contributed by atoms with Crippen LogP contribution >= 0.6 is 34.5 Å². The number of hydrogen-bond acceptors (Lipinski definition) is 5. The topological polar surface area (TPSA) is 64.3 Å². The Morgan fingerprint density at radius 2 is 2.06 bits per heavy atom. The summed E-state index contributed by atoms with van der Waals surface area (Å²) in [5.41, 5.74) is 3.18. The van der Waals surface area contributed by atoms with Crippen molar-refractivity contribution in [3.63, 3.8) is 0 Å². The molecule has 2 aromatic rings. The highest BCUT2D eigenvalue weighted by atomic mass is 35.5. The number of nitrogens with zero attached hydrogens (tertiary/aromatic N) is 2. The molecule has 1 aliphatic carbocycles. The van der Waals surface area contributed by atoms with Crippen LogP contribution in [0.2, 0.25) is 5.02 Å². The van der Waals surface area contributed by atoms with Gasteiger partial charge in [-0.1, -0.05) is 54.0 Å². The number of allylic oxidation sites excluding steroid dienone is 3. The predicted octanol–water partition coefficient (Wildman–Crippen LogP) is 5.22. The van der Waals surface area contributed by atoms with Crippen LogP contribution in [-0.4, -0.2) is 36.2 Å². The van der Waals surface area contributed by atoms with E-state index in [0.29, 0.717) is 16.6 Å². The second-order valence-electron chi connectivity index (χ2n) is 7.91. The maximum absolute atomic E-state index is 11.1. The summed E-state index contributed by atoms with van der Waals surface area (Å²) in [6, 6.07) is 5.88. The Morgan fingerprint density at radius 3 is 2.81 bits per heavy atom. The van der Waals surface area contributed by atoms with Gasteiger partial charge in [0.25, 0.3) is 5.01 Å². The lowest BCUT2D eigenvalue weighted by Gasteiger charge is -2.29. The summed E-state index contributed by atoms with van der Waals surface area (Å²) in [6.45, 7) is 3.49. The molecule has 1 atom stereocenters. The molecule has 32 heavy (non-hydrogen) atoms. The van der Waals surface area contributed by atoms with Crippen molar-refractivity contribution in [3.8, 4) is 0 Å². The normalized spacial score (nSPS) is 19.6. The molecule has 1 aromatic carbocycles. The van der Waals surface area contributed by atoms with Crippen molar-refractivity contribution in [1.29, 1.82) is 0 Å². The van der Waals surface area contributed by atoms with E-state index in [1.165, 1.54) is 0 Å². The first-order valence-corrected chi connectivity index (χ1v) is 13.7. The average Bonchev–Trinajstić information content (AvgIpc) is 3.23. The van der Waals surface area contributed by atoms with Gasteiger partial charge in [0.1, 0.15) is 4.70 Å². The van der Waals surface area contributed by atoms with Crippen molar-refractivity contribution in [3.05, 3.63) is 68.8 Å². The molecule has 9 heteroatoms. The Labute approximate surface area is 202 Å². The Hall–Kier alpha value is -1.64. The zero-order chi connectivity index (χ0) is 22.9. The van der Waals surface area contributed by atoms with Crippen LogP contribution in [0.5, 0.6) is 0 Å². The van der Waals surface area contributed by atoms with E-state index in [4.69, 9.17) is 23.2 Å². The molecular weight excluding hydrogens is 487 g/mol. The van der Waals surface area contributed by atoms with E-state index in [2.05, 4.69) is 28.5 Å². The highest BCUT2D eigenvalue weighted by molar-refractivity contribution is 7.85. The number of thiazole rings is 1. The highest BCUT2D eigenvalue weighted by Gasteiger charge is 2.30. The van der Waals surface area contributed by atoms with Crippen LogP contribution in [0.3, 0.4) is 0 Å². The van der Waals surface area contributed by atoms with E-state index < -0.39 is 10.1 Å². The molecule has 4 rings (SSSR count). The molecule has 0 radical (unpaired) electrons. The fourth-order valence-corrected chi connectivity index (χ4v) is 6.00. The van der Waals surface area contributed by atoms with Gasteiger partial charge in [-0.25, -0.2) is 8.42 Å². The summed E-state index contributed by atoms with van der Waals surface area (Å²) in [5.74, 6) is -0.385. The summed E-state index contributed by atoms with van der Waals surface area (Å²) < 4.78 is 36.8.